The molecule has 2 heterocycles. The molecule has 3 nitrogen and oxygen atoms in total. The second-order valence-corrected chi connectivity index (χ2v) is 5.60. The van der Waals surface area contributed by atoms with E-state index in [0.717, 1.165) is 18.5 Å². The maximum Gasteiger partial charge on any atom is 0.0755 e. The molecule has 0 radical (unpaired) electrons. The van der Waals surface area contributed by atoms with E-state index in [0.29, 0.717) is 12.6 Å². The van der Waals surface area contributed by atoms with Gasteiger partial charge in [-0.15, -0.1) is 0 Å². The number of aromatic nitrogens is 1. The van der Waals surface area contributed by atoms with Gasteiger partial charge in [-0.2, -0.15) is 0 Å². The van der Waals surface area contributed by atoms with E-state index in [1.807, 2.05) is 0 Å². The van der Waals surface area contributed by atoms with Crippen LogP contribution in [0, 0.1) is 6.92 Å². The van der Waals surface area contributed by atoms with Crippen LogP contribution in [0.2, 0.25) is 0 Å². The van der Waals surface area contributed by atoms with E-state index < -0.39 is 0 Å². The van der Waals surface area contributed by atoms with Crippen molar-refractivity contribution < 1.29 is 4.74 Å². The smallest absolute Gasteiger partial charge is 0.0755 e. The minimum atomic E-state index is 0.650. The number of anilines is 1. The number of para-hydroxylation sites is 1. The molecule has 0 spiro atoms. The van der Waals surface area contributed by atoms with Gasteiger partial charge in [0.15, 0.2) is 0 Å². The SMILES string of the molecule is Cc1cccc2c(NC3CC3)c3c(nc12)CCOC3. The Hall–Kier alpha value is -1.61. The van der Waals surface area contributed by atoms with Gasteiger partial charge in [0.05, 0.1) is 30.1 Å². The Kier molecular flexibility index (Phi) is 2.49. The van der Waals surface area contributed by atoms with E-state index >= 15 is 0 Å². The molecule has 4 rings (SSSR count). The van der Waals surface area contributed by atoms with Crippen LogP contribution in [-0.4, -0.2) is 17.6 Å². The molecular formula is C16H18N2O. The van der Waals surface area contributed by atoms with Crippen molar-refractivity contribution in [3.8, 4) is 0 Å². The topological polar surface area (TPSA) is 34.2 Å². The quantitative estimate of drug-likeness (QED) is 0.893. The molecule has 1 aliphatic heterocycles. The highest BCUT2D eigenvalue weighted by Crippen LogP contribution is 2.36. The Morgan fingerprint density at radius 3 is 3.05 bits per heavy atom. The molecule has 1 aromatic heterocycles. The highest BCUT2D eigenvalue weighted by Gasteiger charge is 2.25. The lowest BCUT2D eigenvalue weighted by Crippen LogP contribution is -2.16. The summed E-state index contributed by atoms with van der Waals surface area (Å²) < 4.78 is 5.64. The number of fused-ring (bicyclic) bond motifs is 2. The van der Waals surface area contributed by atoms with E-state index in [1.165, 1.54) is 40.7 Å². The molecule has 19 heavy (non-hydrogen) atoms. The molecular weight excluding hydrogens is 236 g/mol. The van der Waals surface area contributed by atoms with Crippen LogP contribution < -0.4 is 5.32 Å². The van der Waals surface area contributed by atoms with Gasteiger partial charge in [0.25, 0.3) is 0 Å². The largest absolute Gasteiger partial charge is 0.381 e. The minimum Gasteiger partial charge on any atom is -0.381 e. The summed E-state index contributed by atoms with van der Waals surface area (Å²) >= 11 is 0. The van der Waals surface area contributed by atoms with Crippen LogP contribution in [0.4, 0.5) is 5.69 Å². The molecule has 0 amide bonds. The number of nitrogens with zero attached hydrogens (tertiary/aromatic N) is 1. The standard InChI is InChI=1S/C16H18N2O/c1-10-3-2-4-12-15(10)18-14-7-8-19-9-13(14)16(12)17-11-5-6-11/h2-4,11H,5-9H2,1H3,(H,17,18). The molecule has 1 aliphatic carbocycles. The molecule has 0 atom stereocenters. The third-order valence-electron chi connectivity index (χ3n) is 4.06. The van der Waals surface area contributed by atoms with Gasteiger partial charge in [0.1, 0.15) is 0 Å². The maximum absolute atomic E-state index is 5.64. The van der Waals surface area contributed by atoms with Gasteiger partial charge in [-0.3, -0.25) is 4.98 Å². The monoisotopic (exact) mass is 254 g/mol. The Labute approximate surface area is 113 Å². The van der Waals surface area contributed by atoms with E-state index in [1.54, 1.807) is 0 Å². The van der Waals surface area contributed by atoms with Crippen LogP contribution in [0.3, 0.4) is 0 Å². The van der Waals surface area contributed by atoms with E-state index in [9.17, 15) is 0 Å². The Bertz CT molecular complexity index is 647. The number of hydrogen-bond donors (Lipinski definition) is 1. The fraction of sp³-hybridized carbons (Fsp3) is 0.438. The Balaban J connectivity index is 1.99. The molecule has 0 unspecified atom stereocenters. The molecule has 2 aromatic rings. The number of ether oxygens (including phenoxy) is 1. The zero-order valence-electron chi connectivity index (χ0n) is 11.2. The van der Waals surface area contributed by atoms with Crippen molar-refractivity contribution in [2.45, 2.75) is 38.8 Å². The summed E-state index contributed by atoms with van der Waals surface area (Å²) in [6.45, 7) is 3.63. The van der Waals surface area contributed by atoms with Gasteiger partial charge in [-0.25, -0.2) is 0 Å². The van der Waals surface area contributed by atoms with Crippen LogP contribution >= 0.6 is 0 Å². The van der Waals surface area contributed by atoms with Crippen molar-refractivity contribution in [1.29, 1.82) is 0 Å². The lowest BCUT2D eigenvalue weighted by atomic mass is 10.0. The van der Waals surface area contributed by atoms with Crippen molar-refractivity contribution in [2.24, 2.45) is 0 Å². The minimum absolute atomic E-state index is 0.650. The summed E-state index contributed by atoms with van der Waals surface area (Å²) in [5.74, 6) is 0. The van der Waals surface area contributed by atoms with Crippen LogP contribution in [-0.2, 0) is 17.8 Å². The first-order valence-corrected chi connectivity index (χ1v) is 7.08. The second-order valence-electron chi connectivity index (χ2n) is 5.60. The van der Waals surface area contributed by atoms with E-state index in [4.69, 9.17) is 9.72 Å². The van der Waals surface area contributed by atoms with Crippen molar-refractivity contribution >= 4 is 16.6 Å². The fourth-order valence-corrected chi connectivity index (χ4v) is 2.82. The average molecular weight is 254 g/mol. The molecule has 98 valence electrons. The molecule has 1 fully saturated rings. The number of nitrogens with one attached hydrogen (secondary N) is 1. The second kappa shape index (κ2) is 4.20. The predicted molar refractivity (Wildman–Crippen MR) is 76.5 cm³/mol. The van der Waals surface area contributed by atoms with Crippen molar-refractivity contribution in [2.75, 3.05) is 11.9 Å². The molecule has 1 aromatic carbocycles. The number of hydrogen-bond acceptors (Lipinski definition) is 3. The average Bonchev–Trinajstić information content (AvgIpc) is 3.24. The van der Waals surface area contributed by atoms with Gasteiger partial charge in [0, 0.05) is 23.4 Å². The first kappa shape index (κ1) is 11.2. The molecule has 2 aliphatic rings. The number of rotatable bonds is 2. The van der Waals surface area contributed by atoms with Gasteiger partial charge >= 0.3 is 0 Å². The molecule has 3 heteroatoms. The predicted octanol–water partition coefficient (Wildman–Crippen LogP) is 3.19. The third-order valence-corrected chi connectivity index (χ3v) is 4.06. The Morgan fingerprint density at radius 1 is 1.32 bits per heavy atom. The van der Waals surface area contributed by atoms with Crippen LogP contribution in [0.5, 0.6) is 0 Å². The number of pyridine rings is 1. The summed E-state index contributed by atoms with van der Waals surface area (Å²) in [5.41, 5.74) is 6.16. The first-order chi connectivity index (χ1) is 9.33. The van der Waals surface area contributed by atoms with Crippen molar-refractivity contribution in [1.82, 2.24) is 4.98 Å². The lowest BCUT2D eigenvalue weighted by molar-refractivity contribution is 0.110. The zero-order chi connectivity index (χ0) is 12.8. The molecule has 1 saturated carbocycles. The number of aryl methyl sites for hydroxylation is 1. The van der Waals surface area contributed by atoms with Gasteiger partial charge in [-0.1, -0.05) is 18.2 Å². The molecule has 0 saturated heterocycles. The van der Waals surface area contributed by atoms with Crippen molar-refractivity contribution in [3.63, 3.8) is 0 Å². The molecule has 0 bridgehead atoms. The maximum atomic E-state index is 5.64. The molecule has 1 N–H and O–H groups in total. The van der Waals surface area contributed by atoms with Crippen molar-refractivity contribution in [3.05, 3.63) is 35.0 Å². The van der Waals surface area contributed by atoms with Gasteiger partial charge in [-0.05, 0) is 25.3 Å². The summed E-state index contributed by atoms with van der Waals surface area (Å²) in [5, 5.41) is 4.94. The summed E-state index contributed by atoms with van der Waals surface area (Å²) in [6.07, 6.45) is 3.50. The third kappa shape index (κ3) is 1.89. The summed E-state index contributed by atoms with van der Waals surface area (Å²) in [4.78, 5) is 4.88. The summed E-state index contributed by atoms with van der Waals surface area (Å²) in [6, 6.07) is 7.09. The van der Waals surface area contributed by atoms with E-state index in [2.05, 4.69) is 30.4 Å². The van der Waals surface area contributed by atoms with Crippen LogP contribution in [0.25, 0.3) is 10.9 Å². The highest BCUT2D eigenvalue weighted by atomic mass is 16.5. The van der Waals surface area contributed by atoms with Gasteiger partial charge in [0.2, 0.25) is 0 Å². The number of benzene rings is 1. The Morgan fingerprint density at radius 2 is 2.21 bits per heavy atom. The highest BCUT2D eigenvalue weighted by molar-refractivity contribution is 5.95. The van der Waals surface area contributed by atoms with Crippen LogP contribution in [0.1, 0.15) is 29.7 Å². The van der Waals surface area contributed by atoms with Crippen LogP contribution in [0.15, 0.2) is 18.2 Å². The first-order valence-electron chi connectivity index (χ1n) is 7.08. The lowest BCUT2D eigenvalue weighted by Gasteiger charge is -2.22. The normalized spacial score (nSPS) is 18.4. The summed E-state index contributed by atoms with van der Waals surface area (Å²) in [7, 11) is 0. The zero-order valence-corrected chi connectivity index (χ0v) is 11.2. The van der Waals surface area contributed by atoms with E-state index in [-0.39, 0.29) is 0 Å². The van der Waals surface area contributed by atoms with Gasteiger partial charge < -0.3 is 10.1 Å². The fourth-order valence-electron chi connectivity index (χ4n) is 2.82.